The molecule has 0 spiro atoms. The minimum Gasteiger partial charge on any atom is -0.308 e. The highest BCUT2D eigenvalue weighted by atomic mass is 31.2. The largest absolute Gasteiger partial charge is 0.351 e. The van der Waals surface area contributed by atoms with E-state index in [9.17, 15) is 4.57 Å². The van der Waals surface area contributed by atoms with E-state index in [1.807, 2.05) is 33.8 Å². The Labute approximate surface area is 112 Å². The van der Waals surface area contributed by atoms with Crippen LogP contribution in [0.1, 0.15) is 48.0 Å². The molecule has 0 radical (unpaired) electrons. The predicted molar refractivity (Wildman–Crippen MR) is 77.0 cm³/mol. The second kappa shape index (κ2) is 8.87. The number of hydrogen-bond acceptors (Lipinski definition) is 4. The third-order valence-electron chi connectivity index (χ3n) is 2.52. The van der Waals surface area contributed by atoms with Gasteiger partial charge in [-0.2, -0.15) is 0 Å². The Balaban J connectivity index is 5.10. The Morgan fingerprint density at radius 1 is 1.22 bits per heavy atom. The van der Waals surface area contributed by atoms with Gasteiger partial charge in [-0.15, -0.1) is 0 Å². The second-order valence-corrected chi connectivity index (χ2v) is 6.69. The van der Waals surface area contributed by atoms with Gasteiger partial charge in [0.1, 0.15) is 5.78 Å². The number of allylic oxidation sites excluding steroid dienone is 1. The van der Waals surface area contributed by atoms with Crippen molar-refractivity contribution >= 4 is 7.60 Å². The molecular formula is C13H28NO3P. The molecule has 5 heteroatoms. The van der Waals surface area contributed by atoms with Crippen LogP contribution in [-0.4, -0.2) is 25.0 Å². The molecule has 2 unspecified atom stereocenters. The van der Waals surface area contributed by atoms with E-state index in [4.69, 9.17) is 9.05 Å². The highest BCUT2D eigenvalue weighted by Gasteiger charge is 2.34. The molecule has 0 aromatic rings. The summed E-state index contributed by atoms with van der Waals surface area (Å²) in [6.45, 7) is 12.5. The first kappa shape index (κ1) is 17.8. The third-order valence-corrected chi connectivity index (χ3v) is 4.73. The molecule has 0 aromatic heterocycles. The van der Waals surface area contributed by atoms with Crippen LogP contribution in [0.5, 0.6) is 0 Å². The molecule has 0 saturated carbocycles. The van der Waals surface area contributed by atoms with Gasteiger partial charge in [-0.05, 0) is 41.0 Å². The molecule has 0 aliphatic rings. The number of nitrogens with one attached hydrogen (secondary N) is 1. The van der Waals surface area contributed by atoms with Crippen molar-refractivity contribution in [2.45, 2.75) is 59.8 Å². The summed E-state index contributed by atoms with van der Waals surface area (Å²) in [5.74, 6) is -0.377. The summed E-state index contributed by atoms with van der Waals surface area (Å²) in [5, 5.41) is 3.32. The van der Waals surface area contributed by atoms with Crippen LogP contribution in [0, 0.1) is 0 Å². The number of rotatable bonds is 9. The van der Waals surface area contributed by atoms with Gasteiger partial charge in [-0.25, -0.2) is 0 Å². The molecule has 0 fully saturated rings. The van der Waals surface area contributed by atoms with Gasteiger partial charge < -0.3 is 9.05 Å². The highest BCUT2D eigenvalue weighted by Crippen LogP contribution is 2.52. The van der Waals surface area contributed by atoms with Crippen LogP contribution in [0.25, 0.3) is 0 Å². The van der Waals surface area contributed by atoms with E-state index < -0.39 is 7.60 Å². The summed E-state index contributed by atoms with van der Waals surface area (Å²) < 4.78 is 23.6. The van der Waals surface area contributed by atoms with Crippen molar-refractivity contribution in [1.82, 2.24) is 5.32 Å². The van der Waals surface area contributed by atoms with Crippen LogP contribution in [0.4, 0.5) is 0 Å². The smallest absolute Gasteiger partial charge is 0.308 e. The zero-order chi connectivity index (χ0) is 14.2. The quantitative estimate of drug-likeness (QED) is 0.512. The summed E-state index contributed by atoms with van der Waals surface area (Å²) in [6, 6.07) is 0.264. The topological polar surface area (TPSA) is 47.6 Å². The fourth-order valence-corrected chi connectivity index (χ4v) is 3.55. The Morgan fingerprint density at radius 2 is 1.72 bits per heavy atom. The van der Waals surface area contributed by atoms with Crippen LogP contribution in [0.2, 0.25) is 0 Å². The first-order valence-electron chi connectivity index (χ1n) is 6.69. The van der Waals surface area contributed by atoms with Crippen LogP contribution >= 0.6 is 7.60 Å². The zero-order valence-electron chi connectivity index (χ0n) is 12.5. The van der Waals surface area contributed by atoms with Gasteiger partial charge >= 0.3 is 7.60 Å². The number of hydrogen-bond donors (Lipinski definition) is 1. The molecule has 18 heavy (non-hydrogen) atoms. The lowest BCUT2D eigenvalue weighted by Gasteiger charge is -2.27. The first-order valence-corrected chi connectivity index (χ1v) is 8.30. The summed E-state index contributed by atoms with van der Waals surface area (Å²) in [5.41, 5.74) is 1.09. The minimum atomic E-state index is -3.14. The van der Waals surface area contributed by atoms with Gasteiger partial charge in [0.15, 0.2) is 0 Å². The molecular weight excluding hydrogens is 249 g/mol. The Hall–Kier alpha value is -0.150. The minimum absolute atomic E-state index is 0.264. The molecule has 0 aliphatic carbocycles. The van der Waals surface area contributed by atoms with Gasteiger partial charge in [-0.3, -0.25) is 9.88 Å². The fourth-order valence-electron chi connectivity index (χ4n) is 1.51. The lowest BCUT2D eigenvalue weighted by molar-refractivity contribution is 0.210. The average Bonchev–Trinajstić information content (AvgIpc) is 2.28. The zero-order valence-corrected chi connectivity index (χ0v) is 13.4. The van der Waals surface area contributed by atoms with Crippen molar-refractivity contribution in [3.63, 3.8) is 0 Å². The average molecular weight is 277 g/mol. The monoisotopic (exact) mass is 277 g/mol. The van der Waals surface area contributed by atoms with Gasteiger partial charge in [0.2, 0.25) is 0 Å². The standard InChI is InChI=1S/C13H28NO3P/c1-7-12(6)14-13(10-11(4)5)18(15,16-8-2)17-9-3/h10,12-14H,7-9H2,1-6H3. The highest BCUT2D eigenvalue weighted by molar-refractivity contribution is 7.54. The van der Waals surface area contributed by atoms with E-state index in [1.165, 1.54) is 0 Å². The fraction of sp³-hybridized carbons (Fsp3) is 0.846. The van der Waals surface area contributed by atoms with Gasteiger partial charge in [0.05, 0.1) is 13.2 Å². The van der Waals surface area contributed by atoms with Crippen molar-refractivity contribution in [2.24, 2.45) is 0 Å². The molecule has 0 bridgehead atoms. The molecule has 0 amide bonds. The Morgan fingerprint density at radius 3 is 2.06 bits per heavy atom. The molecule has 0 aliphatic heterocycles. The molecule has 0 rings (SSSR count). The Bertz CT molecular complexity index is 291. The van der Waals surface area contributed by atoms with Crippen molar-refractivity contribution in [1.29, 1.82) is 0 Å². The normalized spacial score (nSPS) is 15.2. The molecule has 4 nitrogen and oxygen atoms in total. The molecule has 0 aromatic carbocycles. The predicted octanol–water partition coefficient (Wildman–Crippen LogP) is 3.93. The van der Waals surface area contributed by atoms with Crippen LogP contribution in [0.15, 0.2) is 11.6 Å². The summed E-state index contributed by atoms with van der Waals surface area (Å²) in [4.78, 5) is 0. The van der Waals surface area contributed by atoms with E-state index in [1.54, 1.807) is 0 Å². The van der Waals surface area contributed by atoms with Crippen molar-refractivity contribution in [3.05, 3.63) is 11.6 Å². The van der Waals surface area contributed by atoms with Crippen LogP contribution < -0.4 is 5.32 Å². The summed E-state index contributed by atoms with van der Waals surface area (Å²) in [6.07, 6.45) is 2.89. The van der Waals surface area contributed by atoms with E-state index in [2.05, 4.69) is 19.2 Å². The van der Waals surface area contributed by atoms with Gasteiger partial charge in [0, 0.05) is 6.04 Å². The van der Waals surface area contributed by atoms with Crippen molar-refractivity contribution in [3.8, 4) is 0 Å². The molecule has 1 N–H and O–H groups in total. The van der Waals surface area contributed by atoms with Crippen LogP contribution in [-0.2, 0) is 13.6 Å². The lowest BCUT2D eigenvalue weighted by Crippen LogP contribution is -2.36. The van der Waals surface area contributed by atoms with Crippen molar-refractivity contribution in [2.75, 3.05) is 13.2 Å². The molecule has 2 atom stereocenters. The van der Waals surface area contributed by atoms with Gasteiger partial charge in [-0.1, -0.05) is 18.6 Å². The maximum atomic E-state index is 12.7. The van der Waals surface area contributed by atoms with Crippen molar-refractivity contribution < 1.29 is 13.6 Å². The molecule has 0 heterocycles. The van der Waals surface area contributed by atoms with Crippen LogP contribution in [0.3, 0.4) is 0 Å². The third kappa shape index (κ3) is 6.14. The SMILES string of the molecule is CCOP(=O)(OCC)C(C=C(C)C)NC(C)CC. The summed E-state index contributed by atoms with van der Waals surface area (Å²) >= 11 is 0. The van der Waals surface area contributed by atoms with E-state index in [-0.39, 0.29) is 11.8 Å². The Kier molecular flexibility index (Phi) is 8.79. The maximum Gasteiger partial charge on any atom is 0.351 e. The molecule has 108 valence electrons. The first-order chi connectivity index (χ1) is 8.39. The van der Waals surface area contributed by atoms with E-state index >= 15 is 0 Å². The van der Waals surface area contributed by atoms with E-state index in [0.717, 1.165) is 12.0 Å². The molecule has 0 saturated heterocycles. The van der Waals surface area contributed by atoms with Gasteiger partial charge in [0.25, 0.3) is 0 Å². The second-order valence-electron chi connectivity index (χ2n) is 4.54. The lowest BCUT2D eigenvalue weighted by atomic mass is 10.2. The van der Waals surface area contributed by atoms with E-state index in [0.29, 0.717) is 13.2 Å². The maximum absolute atomic E-state index is 12.7. The summed E-state index contributed by atoms with van der Waals surface area (Å²) in [7, 11) is -3.14.